The molecule has 1 unspecified atom stereocenters. The number of rotatable bonds is 6. The lowest BCUT2D eigenvalue weighted by atomic mass is 10.2. The van der Waals surface area contributed by atoms with Gasteiger partial charge in [-0.25, -0.2) is 4.98 Å². The first-order chi connectivity index (χ1) is 11.1. The highest BCUT2D eigenvalue weighted by Gasteiger charge is 2.17. The molecule has 1 atom stereocenters. The van der Waals surface area contributed by atoms with Crippen LogP contribution in [-0.4, -0.2) is 22.7 Å². The fourth-order valence-electron chi connectivity index (χ4n) is 2.21. The Bertz CT molecular complexity index is 807. The summed E-state index contributed by atoms with van der Waals surface area (Å²) in [5.41, 5.74) is 7.54. The average molecular weight is 417 g/mol. The van der Waals surface area contributed by atoms with Crippen molar-refractivity contribution in [2.75, 3.05) is 11.9 Å². The number of halogens is 2. The summed E-state index contributed by atoms with van der Waals surface area (Å²) in [4.78, 5) is 5.44. The molecule has 8 heteroatoms. The molecule has 0 aliphatic rings. The Morgan fingerprint density at radius 1 is 1.52 bits per heavy atom. The van der Waals surface area contributed by atoms with E-state index >= 15 is 0 Å². The van der Waals surface area contributed by atoms with Crippen LogP contribution in [0.4, 0.5) is 5.69 Å². The van der Waals surface area contributed by atoms with Crippen molar-refractivity contribution < 1.29 is 9.52 Å². The van der Waals surface area contributed by atoms with E-state index in [9.17, 15) is 0 Å². The summed E-state index contributed by atoms with van der Waals surface area (Å²) in [5.74, 6) is 0.837. The lowest BCUT2D eigenvalue weighted by Gasteiger charge is -2.06. The third kappa shape index (κ3) is 3.70. The van der Waals surface area contributed by atoms with Gasteiger partial charge in [0, 0.05) is 23.4 Å². The molecule has 0 spiro atoms. The second kappa shape index (κ2) is 7.19. The predicted octanol–water partition coefficient (Wildman–Crippen LogP) is 3.78. The fraction of sp³-hybridized carbons (Fsp3) is 0.267. The van der Waals surface area contributed by atoms with E-state index in [-0.39, 0.29) is 12.6 Å². The second-order valence-corrected chi connectivity index (χ2v) is 7.37. The van der Waals surface area contributed by atoms with Gasteiger partial charge in [0.2, 0.25) is 0 Å². The molecule has 0 aromatic carbocycles. The van der Waals surface area contributed by atoms with Crippen molar-refractivity contribution >= 4 is 54.8 Å². The standard InChI is InChI=1S/C15H15BrClN3O2S/c16-13-11(4-8(18)7-21)23-15-10(5-12(17)20-14(13)15)19-6-9-2-1-3-22-9/h1-3,5,8,21H,4,6-7,18H2,(H,19,20). The van der Waals surface area contributed by atoms with E-state index in [4.69, 9.17) is 26.9 Å². The summed E-state index contributed by atoms with van der Waals surface area (Å²) in [7, 11) is 0. The highest BCUT2D eigenvalue weighted by Crippen LogP contribution is 2.40. The molecule has 0 radical (unpaired) electrons. The molecule has 3 aromatic heterocycles. The molecule has 5 nitrogen and oxygen atoms in total. The maximum absolute atomic E-state index is 9.16. The van der Waals surface area contributed by atoms with Crippen LogP contribution in [0.5, 0.6) is 0 Å². The van der Waals surface area contributed by atoms with Crippen molar-refractivity contribution in [3.8, 4) is 0 Å². The molecule has 3 rings (SSSR count). The van der Waals surface area contributed by atoms with Crippen LogP contribution >= 0.6 is 38.9 Å². The van der Waals surface area contributed by atoms with E-state index in [1.54, 1.807) is 23.7 Å². The second-order valence-electron chi connectivity index (χ2n) is 5.09. The zero-order valence-electron chi connectivity index (χ0n) is 12.1. The minimum absolute atomic E-state index is 0.0571. The Morgan fingerprint density at radius 2 is 2.35 bits per heavy atom. The van der Waals surface area contributed by atoms with Crippen molar-refractivity contribution in [1.82, 2.24) is 4.98 Å². The first-order valence-electron chi connectivity index (χ1n) is 6.98. The van der Waals surface area contributed by atoms with Crippen LogP contribution in [0.2, 0.25) is 5.15 Å². The van der Waals surface area contributed by atoms with Crippen LogP contribution in [0.15, 0.2) is 33.4 Å². The molecule has 0 aliphatic carbocycles. The lowest BCUT2D eigenvalue weighted by molar-refractivity contribution is 0.265. The number of pyridine rings is 1. The number of nitrogens with two attached hydrogens (primary N) is 1. The minimum Gasteiger partial charge on any atom is -0.467 e. The Balaban J connectivity index is 1.95. The third-order valence-electron chi connectivity index (χ3n) is 3.33. The van der Waals surface area contributed by atoms with Gasteiger partial charge in [0.15, 0.2) is 0 Å². The predicted molar refractivity (Wildman–Crippen MR) is 97.1 cm³/mol. The van der Waals surface area contributed by atoms with Crippen LogP contribution in [-0.2, 0) is 13.0 Å². The molecule has 3 aromatic rings. The molecule has 0 bridgehead atoms. The zero-order valence-corrected chi connectivity index (χ0v) is 15.2. The number of aliphatic hydroxyl groups excluding tert-OH is 1. The number of aliphatic hydroxyl groups is 1. The molecule has 4 N–H and O–H groups in total. The molecule has 0 aliphatic heterocycles. The van der Waals surface area contributed by atoms with Crippen LogP contribution in [0.3, 0.4) is 0 Å². The zero-order chi connectivity index (χ0) is 16.4. The van der Waals surface area contributed by atoms with Gasteiger partial charge < -0.3 is 20.6 Å². The van der Waals surface area contributed by atoms with E-state index < -0.39 is 0 Å². The molecule has 0 saturated carbocycles. The van der Waals surface area contributed by atoms with Crippen molar-refractivity contribution in [1.29, 1.82) is 0 Å². The van der Waals surface area contributed by atoms with E-state index in [1.807, 2.05) is 12.1 Å². The minimum atomic E-state index is -0.297. The number of aromatic nitrogens is 1. The van der Waals surface area contributed by atoms with E-state index in [1.165, 1.54) is 0 Å². The van der Waals surface area contributed by atoms with Gasteiger partial charge in [-0.1, -0.05) is 11.6 Å². The summed E-state index contributed by atoms with van der Waals surface area (Å²) in [6.45, 7) is 0.502. The van der Waals surface area contributed by atoms with Crippen molar-refractivity contribution in [2.45, 2.75) is 19.0 Å². The molecule has 122 valence electrons. The number of fused-ring (bicyclic) bond motifs is 1. The topological polar surface area (TPSA) is 84.3 Å². The molecular weight excluding hydrogens is 402 g/mol. The van der Waals surface area contributed by atoms with Crippen molar-refractivity contribution in [3.63, 3.8) is 0 Å². The summed E-state index contributed by atoms with van der Waals surface area (Å²) in [5, 5.41) is 12.9. The Kier molecular flexibility index (Phi) is 5.23. The monoisotopic (exact) mass is 415 g/mol. The van der Waals surface area contributed by atoms with Gasteiger partial charge in [-0.15, -0.1) is 11.3 Å². The van der Waals surface area contributed by atoms with Gasteiger partial charge in [-0.05, 0) is 28.1 Å². The summed E-state index contributed by atoms with van der Waals surface area (Å²) in [6, 6.07) is 5.26. The molecule has 23 heavy (non-hydrogen) atoms. The fourth-order valence-corrected chi connectivity index (χ4v) is 4.45. The molecular formula is C15H15BrClN3O2S. The number of hydrogen-bond acceptors (Lipinski definition) is 6. The highest BCUT2D eigenvalue weighted by atomic mass is 79.9. The van der Waals surface area contributed by atoms with Gasteiger partial charge in [-0.2, -0.15) is 0 Å². The third-order valence-corrected chi connectivity index (χ3v) is 5.88. The summed E-state index contributed by atoms with van der Waals surface area (Å²) >= 11 is 11.3. The number of thiophene rings is 1. The quantitative estimate of drug-likeness (QED) is 0.533. The van der Waals surface area contributed by atoms with Gasteiger partial charge >= 0.3 is 0 Å². The van der Waals surface area contributed by atoms with Crippen molar-refractivity contribution in [3.05, 3.63) is 44.7 Å². The van der Waals surface area contributed by atoms with E-state index in [0.29, 0.717) is 18.1 Å². The highest BCUT2D eigenvalue weighted by molar-refractivity contribution is 9.10. The molecule has 0 saturated heterocycles. The molecule has 3 heterocycles. The Morgan fingerprint density at radius 3 is 3.04 bits per heavy atom. The number of nitrogens with zero attached hydrogens (tertiary/aromatic N) is 1. The SMILES string of the molecule is NC(CO)Cc1sc2c(NCc3ccco3)cc(Cl)nc2c1Br. The Labute approximate surface area is 150 Å². The van der Waals surface area contributed by atoms with Gasteiger partial charge in [0.1, 0.15) is 10.9 Å². The molecule has 0 amide bonds. The number of nitrogens with one attached hydrogen (secondary N) is 1. The summed E-state index contributed by atoms with van der Waals surface area (Å²) in [6.07, 6.45) is 2.22. The molecule has 0 fully saturated rings. The van der Waals surface area contributed by atoms with E-state index in [0.717, 1.165) is 31.0 Å². The number of hydrogen-bond donors (Lipinski definition) is 3. The smallest absolute Gasteiger partial charge is 0.131 e. The Hall–Kier alpha value is -1.12. The van der Waals surface area contributed by atoms with Gasteiger partial charge in [0.05, 0.1) is 39.8 Å². The maximum atomic E-state index is 9.16. The number of anilines is 1. The maximum Gasteiger partial charge on any atom is 0.131 e. The van der Waals surface area contributed by atoms with Gasteiger partial charge in [0.25, 0.3) is 0 Å². The largest absolute Gasteiger partial charge is 0.467 e. The number of furan rings is 1. The van der Waals surface area contributed by atoms with Crippen LogP contribution in [0, 0.1) is 0 Å². The average Bonchev–Trinajstić information content (AvgIpc) is 3.15. The first-order valence-corrected chi connectivity index (χ1v) is 8.97. The summed E-state index contributed by atoms with van der Waals surface area (Å²) < 4.78 is 7.21. The first kappa shape index (κ1) is 16.7. The van der Waals surface area contributed by atoms with Crippen LogP contribution in [0.25, 0.3) is 10.2 Å². The normalized spacial score (nSPS) is 12.7. The van der Waals surface area contributed by atoms with Crippen molar-refractivity contribution in [2.24, 2.45) is 5.73 Å². The van der Waals surface area contributed by atoms with E-state index in [2.05, 4.69) is 26.2 Å². The van der Waals surface area contributed by atoms with Crippen LogP contribution < -0.4 is 11.1 Å². The van der Waals surface area contributed by atoms with Crippen LogP contribution in [0.1, 0.15) is 10.6 Å². The van der Waals surface area contributed by atoms with Gasteiger partial charge in [-0.3, -0.25) is 0 Å². The lowest BCUT2D eigenvalue weighted by Crippen LogP contribution is -2.26.